The van der Waals surface area contributed by atoms with E-state index in [4.69, 9.17) is 15.2 Å². The lowest BCUT2D eigenvalue weighted by Gasteiger charge is -2.31. The minimum absolute atomic E-state index is 0.133. The summed E-state index contributed by atoms with van der Waals surface area (Å²) in [6.07, 6.45) is 0.558. The van der Waals surface area contributed by atoms with Crippen molar-refractivity contribution in [2.45, 2.75) is 24.7 Å². The Labute approximate surface area is 134 Å². The summed E-state index contributed by atoms with van der Waals surface area (Å²) in [5.74, 6) is -1.35. The maximum Gasteiger partial charge on any atom is 0.293 e. The average Bonchev–Trinajstić information content (AvgIpc) is 2.80. The number of nitrogens with zero attached hydrogens (tertiary/aromatic N) is 3. The van der Waals surface area contributed by atoms with Crippen molar-refractivity contribution >= 4 is 5.84 Å². The van der Waals surface area contributed by atoms with Crippen LogP contribution in [0.25, 0.3) is 0 Å². The second kappa shape index (κ2) is 4.11. The average molecular weight is 308 g/mol. The molecule has 0 unspecified atom stereocenters. The molecule has 4 rings (SSSR count). The highest BCUT2D eigenvalue weighted by Gasteiger charge is 3.01. The second-order valence-electron chi connectivity index (χ2n) is 6.12. The number of ether oxygens (including phenoxy) is 2. The smallest absolute Gasteiger partial charge is 0.293 e. The van der Waals surface area contributed by atoms with Crippen LogP contribution in [-0.4, -0.2) is 25.0 Å². The van der Waals surface area contributed by atoms with Gasteiger partial charge in [-0.15, -0.1) is 0 Å². The van der Waals surface area contributed by atoms with Crippen molar-refractivity contribution in [3.63, 3.8) is 0 Å². The van der Waals surface area contributed by atoms with Crippen LogP contribution in [0.4, 0.5) is 0 Å². The van der Waals surface area contributed by atoms with Crippen LogP contribution in [0.5, 0.6) is 0 Å². The monoisotopic (exact) mass is 308 g/mol. The van der Waals surface area contributed by atoms with Gasteiger partial charge in [-0.25, -0.2) is 4.99 Å². The van der Waals surface area contributed by atoms with E-state index in [0.717, 1.165) is 5.56 Å². The van der Waals surface area contributed by atoms with Gasteiger partial charge in [-0.1, -0.05) is 37.3 Å². The number of hydrogen-bond donors (Lipinski definition) is 1. The highest BCUT2D eigenvalue weighted by molar-refractivity contribution is 6.02. The van der Waals surface area contributed by atoms with Gasteiger partial charge in [0.2, 0.25) is 0 Å². The number of fused-ring (bicyclic) bond motifs is 2. The van der Waals surface area contributed by atoms with Crippen molar-refractivity contribution in [2.24, 2.45) is 21.6 Å². The van der Waals surface area contributed by atoms with Crippen molar-refractivity contribution in [3.8, 4) is 12.1 Å². The topological polar surface area (TPSA) is 104 Å². The second-order valence-corrected chi connectivity index (χ2v) is 6.12. The number of hydrogen-bond acceptors (Lipinski definition) is 6. The Kier molecular flexibility index (Phi) is 2.54. The van der Waals surface area contributed by atoms with E-state index in [1.165, 1.54) is 0 Å². The molecule has 2 N–H and O–H groups in total. The van der Waals surface area contributed by atoms with E-state index in [0.29, 0.717) is 19.6 Å². The molecule has 0 amide bonds. The van der Waals surface area contributed by atoms with Crippen LogP contribution in [0.1, 0.15) is 18.9 Å². The fraction of sp³-hybridized carbons (Fsp3) is 0.471. The normalized spacial score (nSPS) is 39.3. The lowest BCUT2D eigenvalue weighted by atomic mass is 9.80. The molecule has 1 saturated heterocycles. The molecule has 1 aromatic carbocycles. The first-order valence-electron chi connectivity index (χ1n) is 7.64. The highest BCUT2D eigenvalue weighted by Crippen LogP contribution is 2.86. The first-order chi connectivity index (χ1) is 11.1. The zero-order valence-electron chi connectivity index (χ0n) is 12.7. The predicted octanol–water partition coefficient (Wildman–Crippen LogP) is 1.44. The summed E-state index contributed by atoms with van der Waals surface area (Å²) >= 11 is 0. The lowest BCUT2D eigenvalue weighted by molar-refractivity contribution is -0.188. The molecule has 3 atom stereocenters. The molecule has 0 radical (unpaired) electrons. The molecule has 0 aromatic heterocycles. The van der Waals surface area contributed by atoms with Crippen molar-refractivity contribution in [2.75, 3.05) is 13.2 Å². The molecule has 1 aromatic rings. The van der Waals surface area contributed by atoms with Gasteiger partial charge >= 0.3 is 0 Å². The number of aliphatic imine (C=N–C) groups is 1. The van der Waals surface area contributed by atoms with Gasteiger partial charge in [0.05, 0.1) is 30.8 Å². The number of nitrogens with two attached hydrogens (primary N) is 1. The Morgan fingerprint density at radius 3 is 2.35 bits per heavy atom. The number of amidine groups is 1. The summed E-state index contributed by atoms with van der Waals surface area (Å²) in [5, 5.41) is 20.2. The molecule has 23 heavy (non-hydrogen) atoms. The number of nitriles is 2. The molecular formula is C17H16N4O2. The predicted molar refractivity (Wildman–Crippen MR) is 80.8 cm³/mol. The van der Waals surface area contributed by atoms with Gasteiger partial charge in [-0.05, 0) is 12.0 Å². The van der Waals surface area contributed by atoms with E-state index < -0.39 is 22.2 Å². The van der Waals surface area contributed by atoms with E-state index in [-0.39, 0.29) is 5.84 Å². The summed E-state index contributed by atoms with van der Waals surface area (Å²) in [5.41, 5.74) is 3.79. The first kappa shape index (κ1) is 14.2. The Morgan fingerprint density at radius 2 is 1.83 bits per heavy atom. The highest BCUT2D eigenvalue weighted by atomic mass is 16.8. The third-order valence-corrected chi connectivity index (χ3v) is 5.72. The Hall–Kier alpha value is -2.41. The maximum absolute atomic E-state index is 10.1. The molecule has 2 aliphatic heterocycles. The molecule has 1 aliphatic carbocycles. The minimum Gasteiger partial charge on any atom is -0.386 e. The van der Waals surface area contributed by atoms with Crippen LogP contribution >= 0.6 is 0 Å². The van der Waals surface area contributed by atoms with Gasteiger partial charge in [-0.3, -0.25) is 0 Å². The molecule has 1 saturated carbocycles. The fourth-order valence-electron chi connectivity index (χ4n) is 4.93. The largest absolute Gasteiger partial charge is 0.386 e. The summed E-state index contributed by atoms with van der Waals surface area (Å²) in [6, 6.07) is 14.2. The van der Waals surface area contributed by atoms with Crippen LogP contribution in [0.2, 0.25) is 0 Å². The Bertz CT molecular complexity index is 787. The van der Waals surface area contributed by atoms with E-state index in [1.54, 1.807) is 0 Å². The molecule has 2 fully saturated rings. The van der Waals surface area contributed by atoms with E-state index in [1.807, 2.05) is 37.3 Å². The lowest BCUT2D eigenvalue weighted by Crippen LogP contribution is -2.42. The molecule has 1 spiro atoms. The van der Waals surface area contributed by atoms with Crippen LogP contribution in [0.15, 0.2) is 35.3 Å². The van der Waals surface area contributed by atoms with Gasteiger partial charge in [-0.2, -0.15) is 10.5 Å². The molecule has 6 nitrogen and oxygen atoms in total. The maximum atomic E-state index is 10.1. The van der Waals surface area contributed by atoms with Crippen LogP contribution in [0.3, 0.4) is 0 Å². The van der Waals surface area contributed by atoms with Crippen LogP contribution < -0.4 is 5.73 Å². The molecule has 3 aliphatic rings. The Balaban J connectivity index is 2.05. The standard InChI is InChI=1S/C17H16N4O2/c1-2-14(12-6-4-3-5-7-12)15(10-18)13(20)21-17(16(14,15)11-19)22-8-9-23-17/h3-7H,2,8-9H2,1H3,(H2,20,21)/t14-,15-,16+/m0/s1. The number of benzene rings is 1. The molecular weight excluding hydrogens is 292 g/mol. The van der Waals surface area contributed by atoms with Crippen molar-refractivity contribution in [1.82, 2.24) is 0 Å². The summed E-state index contributed by atoms with van der Waals surface area (Å²) in [4.78, 5) is 4.31. The van der Waals surface area contributed by atoms with Gasteiger partial charge in [0, 0.05) is 0 Å². The van der Waals surface area contributed by atoms with Gasteiger partial charge in [0.15, 0.2) is 10.8 Å². The molecule has 6 heteroatoms. The zero-order valence-corrected chi connectivity index (χ0v) is 12.7. The fourth-order valence-corrected chi connectivity index (χ4v) is 4.93. The first-order valence-corrected chi connectivity index (χ1v) is 7.64. The van der Waals surface area contributed by atoms with Gasteiger partial charge in [0.1, 0.15) is 5.84 Å². The SMILES string of the molecule is CC[C@]1(c2ccccc2)[C@]2(C#N)C(N)=NC3(OCCO3)[C@@]21C#N. The number of rotatable bonds is 2. The summed E-state index contributed by atoms with van der Waals surface area (Å²) in [7, 11) is 0. The molecule has 0 bridgehead atoms. The van der Waals surface area contributed by atoms with E-state index in [2.05, 4.69) is 17.1 Å². The van der Waals surface area contributed by atoms with E-state index in [9.17, 15) is 10.5 Å². The molecule has 2 heterocycles. The van der Waals surface area contributed by atoms with Crippen molar-refractivity contribution in [3.05, 3.63) is 35.9 Å². The van der Waals surface area contributed by atoms with Crippen molar-refractivity contribution in [1.29, 1.82) is 10.5 Å². The third-order valence-electron chi connectivity index (χ3n) is 5.72. The zero-order chi connectivity index (χ0) is 16.3. The summed E-state index contributed by atoms with van der Waals surface area (Å²) in [6.45, 7) is 2.62. The van der Waals surface area contributed by atoms with Crippen molar-refractivity contribution < 1.29 is 9.47 Å². The summed E-state index contributed by atoms with van der Waals surface area (Å²) < 4.78 is 11.5. The minimum atomic E-state index is -1.48. The van der Waals surface area contributed by atoms with Gasteiger partial charge in [0.25, 0.3) is 5.91 Å². The van der Waals surface area contributed by atoms with Crippen LogP contribution in [0, 0.1) is 33.5 Å². The third kappa shape index (κ3) is 1.09. The Morgan fingerprint density at radius 1 is 1.17 bits per heavy atom. The van der Waals surface area contributed by atoms with Crippen LogP contribution in [-0.2, 0) is 14.9 Å². The van der Waals surface area contributed by atoms with E-state index >= 15 is 0 Å². The molecule has 116 valence electrons. The van der Waals surface area contributed by atoms with Gasteiger partial charge < -0.3 is 15.2 Å². The quantitative estimate of drug-likeness (QED) is 0.890.